The third kappa shape index (κ3) is 4.97. The molecule has 7 nitrogen and oxygen atoms in total. The van der Waals surface area contributed by atoms with Crippen LogP contribution in [-0.2, 0) is 16.1 Å². The van der Waals surface area contributed by atoms with Crippen LogP contribution in [0.3, 0.4) is 0 Å². The van der Waals surface area contributed by atoms with Crippen LogP contribution in [0.2, 0.25) is 0 Å². The molecule has 0 atom stereocenters. The topological polar surface area (TPSA) is 105 Å². The van der Waals surface area contributed by atoms with Gasteiger partial charge in [0.1, 0.15) is 5.69 Å². The first-order valence-electron chi connectivity index (χ1n) is 8.82. The number of hydrogen-bond acceptors (Lipinski definition) is 4. The van der Waals surface area contributed by atoms with E-state index in [1.807, 2.05) is 30.3 Å². The largest absolute Gasteiger partial charge is 0.462 e. The number of esters is 1. The maximum absolute atomic E-state index is 13.1. The number of aromatic amines is 1. The quantitative estimate of drug-likeness (QED) is 0.695. The van der Waals surface area contributed by atoms with E-state index in [2.05, 4.69) is 4.98 Å². The summed E-state index contributed by atoms with van der Waals surface area (Å²) in [6, 6.07) is 9.47. The van der Waals surface area contributed by atoms with Crippen LogP contribution in [0.25, 0.3) is 0 Å². The van der Waals surface area contributed by atoms with Gasteiger partial charge in [0.2, 0.25) is 5.91 Å². The fourth-order valence-electron chi connectivity index (χ4n) is 2.93. The first kappa shape index (κ1) is 20.2. The number of carbonyl (C=O) groups excluding carboxylic acids is 3. The predicted molar refractivity (Wildman–Crippen MR) is 101 cm³/mol. The average molecular weight is 371 g/mol. The number of nitrogens with two attached hydrogens (primary N) is 1. The Balaban J connectivity index is 2.32. The highest BCUT2D eigenvalue weighted by Gasteiger charge is 2.26. The van der Waals surface area contributed by atoms with E-state index in [1.54, 1.807) is 25.7 Å². The summed E-state index contributed by atoms with van der Waals surface area (Å²) in [5.41, 5.74) is 7.98. The highest BCUT2D eigenvalue weighted by Crippen LogP contribution is 2.21. The molecule has 2 aromatic rings. The lowest BCUT2D eigenvalue weighted by molar-refractivity contribution is -0.118. The molecular weight excluding hydrogens is 346 g/mol. The van der Waals surface area contributed by atoms with Crippen molar-refractivity contribution in [1.29, 1.82) is 0 Å². The Hall–Kier alpha value is -3.09. The van der Waals surface area contributed by atoms with Gasteiger partial charge in [0.25, 0.3) is 5.91 Å². The summed E-state index contributed by atoms with van der Waals surface area (Å²) in [5.74, 6) is -1.24. The van der Waals surface area contributed by atoms with Crippen LogP contribution in [0, 0.1) is 13.8 Å². The SMILES string of the molecule is CCOC(=O)c1c(C)[nH]c(C(=O)N(CCC(N)=O)Cc2ccccc2)c1C. The third-order valence-electron chi connectivity index (χ3n) is 4.26. The van der Waals surface area contributed by atoms with Crippen molar-refractivity contribution in [3.63, 3.8) is 0 Å². The van der Waals surface area contributed by atoms with Gasteiger partial charge in [-0.1, -0.05) is 30.3 Å². The highest BCUT2D eigenvalue weighted by molar-refractivity contribution is 6.00. The van der Waals surface area contributed by atoms with Crippen LogP contribution < -0.4 is 5.73 Å². The van der Waals surface area contributed by atoms with E-state index in [9.17, 15) is 14.4 Å². The minimum absolute atomic E-state index is 0.0576. The summed E-state index contributed by atoms with van der Waals surface area (Å²) in [6.45, 7) is 5.94. The first-order valence-corrected chi connectivity index (χ1v) is 8.82. The van der Waals surface area contributed by atoms with Gasteiger partial charge in [-0.25, -0.2) is 4.79 Å². The van der Waals surface area contributed by atoms with Crippen LogP contribution in [-0.4, -0.2) is 40.8 Å². The molecule has 2 amide bonds. The zero-order valence-electron chi connectivity index (χ0n) is 15.9. The number of carbonyl (C=O) groups is 3. The van der Waals surface area contributed by atoms with Crippen LogP contribution in [0.4, 0.5) is 0 Å². The van der Waals surface area contributed by atoms with E-state index < -0.39 is 11.9 Å². The van der Waals surface area contributed by atoms with Crippen molar-refractivity contribution in [2.45, 2.75) is 33.7 Å². The zero-order chi connectivity index (χ0) is 20.0. The van der Waals surface area contributed by atoms with Crippen molar-refractivity contribution in [2.75, 3.05) is 13.2 Å². The Labute approximate surface area is 158 Å². The molecule has 3 N–H and O–H groups in total. The number of nitrogens with one attached hydrogen (secondary N) is 1. The van der Waals surface area contributed by atoms with Gasteiger partial charge in [-0.3, -0.25) is 9.59 Å². The Kier molecular flexibility index (Phi) is 6.76. The van der Waals surface area contributed by atoms with Gasteiger partial charge in [0, 0.05) is 25.2 Å². The number of nitrogens with zero attached hydrogens (tertiary/aromatic N) is 1. The molecule has 7 heteroatoms. The Morgan fingerprint density at radius 1 is 1.15 bits per heavy atom. The molecule has 27 heavy (non-hydrogen) atoms. The second-order valence-electron chi connectivity index (χ2n) is 6.27. The maximum Gasteiger partial charge on any atom is 0.340 e. The van der Waals surface area contributed by atoms with Gasteiger partial charge in [0.05, 0.1) is 12.2 Å². The second-order valence-corrected chi connectivity index (χ2v) is 6.27. The van der Waals surface area contributed by atoms with Gasteiger partial charge in [-0.05, 0) is 31.9 Å². The Morgan fingerprint density at radius 3 is 2.41 bits per heavy atom. The van der Waals surface area contributed by atoms with Crippen molar-refractivity contribution >= 4 is 17.8 Å². The van der Waals surface area contributed by atoms with Crippen molar-refractivity contribution in [3.8, 4) is 0 Å². The molecule has 0 saturated heterocycles. The molecule has 0 radical (unpaired) electrons. The highest BCUT2D eigenvalue weighted by atomic mass is 16.5. The Morgan fingerprint density at radius 2 is 1.81 bits per heavy atom. The number of primary amides is 1. The molecule has 0 bridgehead atoms. The van der Waals surface area contributed by atoms with Crippen LogP contribution in [0.5, 0.6) is 0 Å². The Bertz CT molecular complexity index is 827. The predicted octanol–water partition coefficient (Wildman–Crippen LogP) is 2.33. The molecule has 0 aliphatic heterocycles. The minimum Gasteiger partial charge on any atom is -0.462 e. The number of aryl methyl sites for hydroxylation is 1. The van der Waals surface area contributed by atoms with Crippen LogP contribution >= 0.6 is 0 Å². The molecule has 2 rings (SSSR count). The van der Waals surface area contributed by atoms with Gasteiger partial charge in [-0.15, -0.1) is 0 Å². The molecule has 0 aliphatic rings. The summed E-state index contributed by atoms with van der Waals surface area (Å²) in [4.78, 5) is 41.1. The summed E-state index contributed by atoms with van der Waals surface area (Å²) in [7, 11) is 0. The van der Waals surface area contributed by atoms with Crippen molar-refractivity contribution < 1.29 is 19.1 Å². The van der Waals surface area contributed by atoms with Gasteiger partial charge in [-0.2, -0.15) is 0 Å². The van der Waals surface area contributed by atoms with Gasteiger partial charge >= 0.3 is 5.97 Å². The zero-order valence-corrected chi connectivity index (χ0v) is 15.9. The van der Waals surface area contributed by atoms with E-state index >= 15 is 0 Å². The molecule has 0 spiro atoms. The lowest BCUT2D eigenvalue weighted by atomic mass is 10.1. The van der Waals surface area contributed by atoms with Crippen molar-refractivity contribution in [2.24, 2.45) is 5.73 Å². The number of benzene rings is 1. The summed E-state index contributed by atoms with van der Waals surface area (Å²) < 4.78 is 5.07. The molecule has 0 saturated carbocycles. The number of aromatic nitrogens is 1. The number of hydrogen-bond donors (Lipinski definition) is 2. The maximum atomic E-state index is 13.1. The number of ether oxygens (including phenoxy) is 1. The molecule has 0 unspecified atom stereocenters. The van der Waals surface area contributed by atoms with E-state index in [-0.39, 0.29) is 25.5 Å². The lowest BCUT2D eigenvalue weighted by Crippen LogP contribution is -2.34. The molecule has 1 aromatic heterocycles. The smallest absolute Gasteiger partial charge is 0.340 e. The van der Waals surface area contributed by atoms with E-state index in [0.29, 0.717) is 29.1 Å². The fraction of sp³-hybridized carbons (Fsp3) is 0.350. The van der Waals surface area contributed by atoms with E-state index in [1.165, 1.54) is 0 Å². The van der Waals surface area contributed by atoms with Crippen molar-refractivity contribution in [1.82, 2.24) is 9.88 Å². The summed E-state index contributed by atoms with van der Waals surface area (Å²) in [6.07, 6.45) is 0.0576. The molecular formula is C20H25N3O4. The van der Waals surface area contributed by atoms with Crippen LogP contribution in [0.1, 0.15) is 51.0 Å². The number of amides is 2. The molecule has 1 heterocycles. The first-order chi connectivity index (χ1) is 12.8. The second kappa shape index (κ2) is 9.02. The monoisotopic (exact) mass is 371 g/mol. The van der Waals surface area contributed by atoms with Crippen LogP contribution in [0.15, 0.2) is 30.3 Å². The van der Waals surface area contributed by atoms with E-state index in [0.717, 1.165) is 5.56 Å². The molecule has 144 valence electrons. The number of rotatable bonds is 8. The lowest BCUT2D eigenvalue weighted by Gasteiger charge is -2.22. The fourth-order valence-corrected chi connectivity index (χ4v) is 2.93. The molecule has 0 aliphatic carbocycles. The normalized spacial score (nSPS) is 10.5. The standard InChI is InChI=1S/C20H25N3O4/c1-4-27-20(26)17-13(2)18(22-14(17)3)19(25)23(11-10-16(21)24)12-15-8-6-5-7-9-15/h5-9,22H,4,10-12H2,1-3H3,(H2,21,24). The number of H-pyrrole nitrogens is 1. The third-order valence-corrected chi connectivity index (χ3v) is 4.26. The molecule has 1 aromatic carbocycles. The minimum atomic E-state index is -0.479. The summed E-state index contributed by atoms with van der Waals surface area (Å²) >= 11 is 0. The molecule has 0 fully saturated rings. The van der Waals surface area contributed by atoms with Crippen molar-refractivity contribution in [3.05, 3.63) is 58.4 Å². The van der Waals surface area contributed by atoms with Gasteiger partial charge < -0.3 is 20.4 Å². The van der Waals surface area contributed by atoms with E-state index in [4.69, 9.17) is 10.5 Å². The summed E-state index contributed by atoms with van der Waals surface area (Å²) in [5, 5.41) is 0. The van der Waals surface area contributed by atoms with Gasteiger partial charge in [0.15, 0.2) is 0 Å². The average Bonchev–Trinajstić information content (AvgIpc) is 2.93.